The van der Waals surface area contributed by atoms with Crippen molar-refractivity contribution in [2.24, 2.45) is 0 Å². The van der Waals surface area contributed by atoms with E-state index in [1.807, 2.05) is 12.2 Å². The van der Waals surface area contributed by atoms with Crippen molar-refractivity contribution in [3.05, 3.63) is 23.9 Å². The first-order valence-electron chi connectivity index (χ1n) is 8.14. The number of ether oxygens (including phenoxy) is 1. The van der Waals surface area contributed by atoms with E-state index in [0.29, 0.717) is 12.6 Å². The highest BCUT2D eigenvalue weighted by atomic mass is 16.6. The van der Waals surface area contributed by atoms with Gasteiger partial charge in [0.2, 0.25) is 0 Å². The smallest absolute Gasteiger partial charge is 0.159 e. The minimum atomic E-state index is -1.73. The standard InChI is InChI=1S/C16H24N2O6/c1-17-6-3-5-10(17)9-4-2-7-18(8-9)15-13(21)11(19)12(20)14(24-15)16(22)23/h2,4,7,10-15,19-21H,3,5-6,8H2,1H3,(H,22,23)/p-1. The molecule has 3 aliphatic heterocycles. The number of likely N-dealkylation sites (tertiary alicyclic amines) is 1. The van der Waals surface area contributed by atoms with E-state index in [-0.39, 0.29) is 0 Å². The zero-order valence-corrected chi connectivity index (χ0v) is 13.5. The number of nitrogens with zero attached hydrogens (tertiary/aromatic N) is 2. The van der Waals surface area contributed by atoms with Crippen molar-refractivity contribution in [2.75, 3.05) is 20.1 Å². The Balaban J connectivity index is 1.75. The van der Waals surface area contributed by atoms with Crippen molar-refractivity contribution < 1.29 is 30.0 Å². The maximum absolute atomic E-state index is 11.1. The molecule has 3 rings (SSSR count). The Kier molecular flexibility index (Phi) is 4.93. The summed E-state index contributed by atoms with van der Waals surface area (Å²) in [5.41, 5.74) is 1.14. The van der Waals surface area contributed by atoms with Gasteiger partial charge in [-0.25, -0.2) is 0 Å². The Labute approximate surface area is 140 Å². The van der Waals surface area contributed by atoms with E-state index in [1.54, 1.807) is 11.1 Å². The number of rotatable bonds is 3. The Morgan fingerprint density at radius 1 is 1.29 bits per heavy atom. The number of hydrogen-bond donors (Lipinski definition) is 3. The van der Waals surface area contributed by atoms with Gasteiger partial charge in [0.15, 0.2) is 6.23 Å². The number of carboxylic acids is 1. The summed E-state index contributed by atoms with van der Waals surface area (Å²) in [5.74, 6) is -1.62. The van der Waals surface area contributed by atoms with Crippen molar-refractivity contribution in [1.82, 2.24) is 9.80 Å². The SMILES string of the molecule is CN1CCCC1C1=CC=CN(C2OC(C(=O)[O-])C(O)C(O)C2O)C1. The van der Waals surface area contributed by atoms with E-state index in [4.69, 9.17) is 4.74 Å². The maximum atomic E-state index is 11.1. The Morgan fingerprint density at radius 2 is 2.04 bits per heavy atom. The van der Waals surface area contributed by atoms with Crippen LogP contribution in [0.15, 0.2) is 23.9 Å². The van der Waals surface area contributed by atoms with Gasteiger partial charge in [-0.3, -0.25) is 4.90 Å². The number of carbonyl (C=O) groups excluding carboxylic acids is 1. The van der Waals surface area contributed by atoms with Crippen molar-refractivity contribution in [1.29, 1.82) is 0 Å². The van der Waals surface area contributed by atoms with Gasteiger partial charge in [-0.2, -0.15) is 0 Å². The van der Waals surface area contributed by atoms with Gasteiger partial charge in [0, 0.05) is 18.8 Å². The lowest BCUT2D eigenvalue weighted by Crippen LogP contribution is -2.65. The molecule has 2 fully saturated rings. The van der Waals surface area contributed by atoms with Crippen LogP contribution in [-0.4, -0.2) is 87.9 Å². The van der Waals surface area contributed by atoms with Gasteiger partial charge in [-0.15, -0.1) is 0 Å². The molecule has 6 unspecified atom stereocenters. The number of aliphatic hydroxyl groups is 3. The first kappa shape index (κ1) is 17.4. The molecule has 2 saturated heterocycles. The molecule has 0 aromatic rings. The van der Waals surface area contributed by atoms with E-state index in [9.17, 15) is 25.2 Å². The summed E-state index contributed by atoms with van der Waals surface area (Å²) in [5, 5.41) is 41.0. The molecule has 0 saturated carbocycles. The van der Waals surface area contributed by atoms with Crippen LogP contribution in [0, 0.1) is 0 Å². The predicted octanol–water partition coefficient (Wildman–Crippen LogP) is -2.61. The zero-order valence-electron chi connectivity index (χ0n) is 13.5. The number of carbonyl (C=O) groups is 1. The van der Waals surface area contributed by atoms with Crippen LogP contribution < -0.4 is 5.11 Å². The van der Waals surface area contributed by atoms with Gasteiger partial charge in [0.05, 0.1) is 5.97 Å². The molecule has 3 heterocycles. The fourth-order valence-electron chi connectivity index (χ4n) is 3.69. The van der Waals surface area contributed by atoms with E-state index < -0.39 is 36.6 Å². The number of aliphatic carboxylic acids is 1. The van der Waals surface area contributed by atoms with E-state index in [1.165, 1.54) is 0 Å². The third-order valence-electron chi connectivity index (χ3n) is 5.05. The monoisotopic (exact) mass is 339 g/mol. The number of allylic oxidation sites excluding steroid dienone is 2. The average molecular weight is 339 g/mol. The quantitative estimate of drug-likeness (QED) is 0.512. The molecule has 0 amide bonds. The van der Waals surface area contributed by atoms with Gasteiger partial charge < -0.3 is 34.9 Å². The van der Waals surface area contributed by atoms with Crippen molar-refractivity contribution in [3.8, 4) is 0 Å². The second-order valence-electron chi connectivity index (χ2n) is 6.63. The lowest BCUT2D eigenvalue weighted by Gasteiger charge is -2.46. The number of hydrogen-bond acceptors (Lipinski definition) is 8. The number of aliphatic hydroxyl groups excluding tert-OH is 3. The molecule has 0 bridgehead atoms. The molecule has 0 aromatic carbocycles. The molecule has 0 aromatic heterocycles. The summed E-state index contributed by atoms with van der Waals surface area (Å²) >= 11 is 0. The summed E-state index contributed by atoms with van der Waals surface area (Å²) in [6.07, 6.45) is 0.123. The van der Waals surface area contributed by atoms with Gasteiger partial charge in [-0.05, 0) is 38.1 Å². The van der Waals surface area contributed by atoms with Gasteiger partial charge in [0.25, 0.3) is 0 Å². The molecule has 134 valence electrons. The molecule has 8 heteroatoms. The molecule has 6 atom stereocenters. The molecular weight excluding hydrogens is 316 g/mol. The molecule has 24 heavy (non-hydrogen) atoms. The minimum Gasteiger partial charge on any atom is -0.547 e. The van der Waals surface area contributed by atoms with Crippen LogP contribution in [-0.2, 0) is 9.53 Å². The summed E-state index contributed by atoms with van der Waals surface area (Å²) in [4.78, 5) is 15.0. The van der Waals surface area contributed by atoms with Crippen LogP contribution in [0.3, 0.4) is 0 Å². The fourth-order valence-corrected chi connectivity index (χ4v) is 3.69. The molecule has 0 aliphatic carbocycles. The van der Waals surface area contributed by atoms with Crippen LogP contribution in [0.5, 0.6) is 0 Å². The van der Waals surface area contributed by atoms with Crippen LogP contribution in [0.2, 0.25) is 0 Å². The van der Waals surface area contributed by atoms with E-state index >= 15 is 0 Å². The lowest BCUT2D eigenvalue weighted by atomic mass is 9.96. The van der Waals surface area contributed by atoms with Crippen molar-refractivity contribution in [3.63, 3.8) is 0 Å². The molecule has 0 radical (unpaired) electrons. The molecule has 0 spiro atoms. The highest BCUT2D eigenvalue weighted by Gasteiger charge is 2.46. The zero-order chi connectivity index (χ0) is 17.4. The average Bonchev–Trinajstić information content (AvgIpc) is 2.99. The fraction of sp³-hybridized carbons (Fsp3) is 0.688. The van der Waals surface area contributed by atoms with Crippen LogP contribution >= 0.6 is 0 Å². The van der Waals surface area contributed by atoms with Gasteiger partial charge in [0.1, 0.15) is 24.4 Å². The topological polar surface area (TPSA) is 117 Å². The highest BCUT2D eigenvalue weighted by molar-refractivity contribution is 5.71. The van der Waals surface area contributed by atoms with Crippen LogP contribution in [0.1, 0.15) is 12.8 Å². The summed E-state index contributed by atoms with van der Waals surface area (Å²) in [6.45, 7) is 1.47. The predicted molar refractivity (Wildman–Crippen MR) is 81.3 cm³/mol. The molecular formula is C16H23N2O6-. The van der Waals surface area contributed by atoms with Crippen molar-refractivity contribution in [2.45, 2.75) is 49.5 Å². The second-order valence-corrected chi connectivity index (χ2v) is 6.63. The van der Waals surface area contributed by atoms with Crippen LogP contribution in [0.25, 0.3) is 0 Å². The number of likely N-dealkylation sites (N-methyl/N-ethyl adjacent to an activating group) is 1. The second kappa shape index (κ2) is 6.81. The number of carboxylic acid groups (broad SMARTS) is 1. The Hall–Kier alpha value is -1.45. The first-order valence-corrected chi connectivity index (χ1v) is 8.14. The third kappa shape index (κ3) is 3.07. The molecule has 3 aliphatic rings. The van der Waals surface area contributed by atoms with Gasteiger partial charge >= 0.3 is 0 Å². The lowest BCUT2D eigenvalue weighted by molar-refractivity contribution is -0.338. The first-order chi connectivity index (χ1) is 11.4. The molecule has 8 nitrogen and oxygen atoms in total. The van der Waals surface area contributed by atoms with Crippen molar-refractivity contribution >= 4 is 5.97 Å². The van der Waals surface area contributed by atoms with Crippen LogP contribution in [0.4, 0.5) is 0 Å². The van der Waals surface area contributed by atoms with E-state index in [2.05, 4.69) is 11.9 Å². The largest absolute Gasteiger partial charge is 0.547 e. The Bertz CT molecular complexity index is 551. The van der Waals surface area contributed by atoms with Gasteiger partial charge in [-0.1, -0.05) is 6.08 Å². The highest BCUT2D eigenvalue weighted by Crippen LogP contribution is 2.29. The third-order valence-corrected chi connectivity index (χ3v) is 5.05. The van der Waals surface area contributed by atoms with E-state index in [0.717, 1.165) is 25.0 Å². The summed E-state index contributed by atoms with van der Waals surface area (Å²) < 4.78 is 5.33. The normalized spacial score (nSPS) is 40.7. The minimum absolute atomic E-state index is 0.297. The molecule has 3 N–H and O–H groups in total. The summed E-state index contributed by atoms with van der Waals surface area (Å²) in [6, 6.07) is 0.297. The Morgan fingerprint density at radius 3 is 2.67 bits per heavy atom. The summed E-state index contributed by atoms with van der Waals surface area (Å²) in [7, 11) is 2.05. The maximum Gasteiger partial charge on any atom is 0.159 e.